The van der Waals surface area contributed by atoms with E-state index in [-0.39, 0.29) is 0 Å². The summed E-state index contributed by atoms with van der Waals surface area (Å²) in [6.07, 6.45) is 0.736. The Bertz CT molecular complexity index is 78.1. The highest BCUT2D eigenvalue weighted by Crippen LogP contribution is 2.28. The molecule has 1 aliphatic heterocycles. The van der Waals surface area contributed by atoms with E-state index in [0.29, 0.717) is 0 Å². The van der Waals surface area contributed by atoms with Crippen molar-refractivity contribution in [1.29, 1.82) is 0 Å². The van der Waals surface area contributed by atoms with Gasteiger partial charge in [-0.3, -0.25) is 0 Å². The molecule has 0 saturated carbocycles. The van der Waals surface area contributed by atoms with Crippen molar-refractivity contribution in [3.8, 4) is 0 Å². The minimum absolute atomic E-state index is 0.736. The fraction of sp³-hybridized carbons (Fsp3) is 1.00. The van der Waals surface area contributed by atoms with E-state index in [2.05, 4.69) is 33.1 Å². The summed E-state index contributed by atoms with van der Waals surface area (Å²) < 4.78 is 1.06. The molecule has 0 N–H and O–H groups in total. The van der Waals surface area contributed by atoms with E-state index in [4.69, 9.17) is 0 Å². The van der Waals surface area contributed by atoms with Crippen molar-refractivity contribution in [2.24, 2.45) is 0 Å². The first-order chi connectivity index (χ1) is 3.07. The van der Waals surface area contributed by atoms with Crippen LogP contribution in [0.2, 0.25) is 0 Å². The van der Waals surface area contributed by atoms with E-state index in [1.807, 2.05) is 0 Å². The SMILES string of the molecule is CC1N(C)[N+]1(C)C. The van der Waals surface area contributed by atoms with Gasteiger partial charge in [0, 0.05) is 14.0 Å². The first-order valence-electron chi connectivity index (χ1n) is 2.64. The van der Waals surface area contributed by atoms with Crippen LogP contribution in [0.5, 0.6) is 0 Å². The van der Waals surface area contributed by atoms with Crippen LogP contribution >= 0.6 is 0 Å². The van der Waals surface area contributed by atoms with Gasteiger partial charge in [0.2, 0.25) is 6.17 Å². The van der Waals surface area contributed by atoms with Crippen LogP contribution in [0.15, 0.2) is 0 Å². The Morgan fingerprint density at radius 2 is 1.57 bits per heavy atom. The summed E-state index contributed by atoms with van der Waals surface area (Å²) in [7, 11) is 6.53. The van der Waals surface area contributed by atoms with Crippen molar-refractivity contribution in [1.82, 2.24) is 5.01 Å². The largest absolute Gasteiger partial charge is 0.225 e. The van der Waals surface area contributed by atoms with Crippen LogP contribution in [0.1, 0.15) is 6.92 Å². The Morgan fingerprint density at radius 1 is 1.43 bits per heavy atom. The van der Waals surface area contributed by atoms with Crippen LogP contribution in [0.25, 0.3) is 0 Å². The van der Waals surface area contributed by atoms with Crippen molar-refractivity contribution in [2.75, 3.05) is 21.1 Å². The van der Waals surface area contributed by atoms with Gasteiger partial charge in [-0.2, -0.15) is 0 Å². The molecule has 1 heterocycles. The van der Waals surface area contributed by atoms with Crippen LogP contribution < -0.4 is 0 Å². The van der Waals surface area contributed by atoms with E-state index >= 15 is 0 Å². The fourth-order valence-corrected chi connectivity index (χ4v) is 0.799. The Morgan fingerprint density at radius 3 is 1.57 bits per heavy atom. The minimum atomic E-state index is 0.736. The maximum atomic E-state index is 2.29. The molecule has 0 spiro atoms. The maximum Gasteiger partial charge on any atom is 0.202 e. The molecular formula is C5H13N2+. The predicted molar refractivity (Wildman–Crippen MR) is 29.3 cm³/mol. The smallest absolute Gasteiger partial charge is 0.202 e. The lowest BCUT2D eigenvalue weighted by molar-refractivity contribution is -0.833. The van der Waals surface area contributed by atoms with Gasteiger partial charge < -0.3 is 0 Å². The Labute approximate surface area is 44.9 Å². The highest BCUT2D eigenvalue weighted by atomic mass is 15.9. The third-order valence-corrected chi connectivity index (χ3v) is 2.21. The van der Waals surface area contributed by atoms with Crippen LogP contribution in [0.4, 0.5) is 0 Å². The molecule has 0 aromatic carbocycles. The molecule has 7 heavy (non-hydrogen) atoms. The van der Waals surface area contributed by atoms with Crippen LogP contribution in [-0.4, -0.2) is 36.9 Å². The second-order valence-electron chi connectivity index (χ2n) is 2.68. The molecule has 0 aromatic rings. The van der Waals surface area contributed by atoms with Gasteiger partial charge in [-0.05, 0) is 0 Å². The second kappa shape index (κ2) is 1.01. The van der Waals surface area contributed by atoms with E-state index in [9.17, 15) is 0 Å². The fourth-order valence-electron chi connectivity index (χ4n) is 0.799. The molecule has 0 aliphatic carbocycles. The Balaban J connectivity index is 2.52. The van der Waals surface area contributed by atoms with Crippen molar-refractivity contribution in [3.05, 3.63) is 0 Å². The summed E-state index contributed by atoms with van der Waals surface area (Å²) >= 11 is 0. The number of hydrogen-bond acceptors (Lipinski definition) is 1. The quantitative estimate of drug-likeness (QED) is 0.312. The molecule has 42 valence electrons. The van der Waals surface area contributed by atoms with Crippen molar-refractivity contribution in [2.45, 2.75) is 13.1 Å². The first-order valence-corrected chi connectivity index (χ1v) is 2.64. The molecule has 2 atom stereocenters. The number of nitrogens with zero attached hydrogens (tertiary/aromatic N) is 2. The van der Waals surface area contributed by atoms with Gasteiger partial charge in [-0.25, -0.2) is 4.59 Å². The summed E-state index contributed by atoms with van der Waals surface area (Å²) in [5, 5.41) is 2.29. The third kappa shape index (κ3) is 0.469. The molecule has 2 nitrogen and oxygen atoms in total. The molecule has 0 radical (unpaired) electrons. The van der Waals surface area contributed by atoms with Gasteiger partial charge >= 0.3 is 0 Å². The molecule has 1 fully saturated rings. The predicted octanol–water partition coefficient (Wildman–Crippen LogP) is 0.269. The molecule has 1 rings (SSSR count). The van der Waals surface area contributed by atoms with Gasteiger partial charge in [-0.1, -0.05) is 5.01 Å². The molecule has 2 unspecified atom stereocenters. The summed E-state index contributed by atoms with van der Waals surface area (Å²) in [6.45, 7) is 2.22. The zero-order valence-corrected chi connectivity index (χ0v) is 5.47. The molecule has 1 aliphatic rings. The number of hydrogen-bond donors (Lipinski definition) is 0. The summed E-state index contributed by atoms with van der Waals surface area (Å²) in [4.78, 5) is 0. The van der Waals surface area contributed by atoms with E-state index < -0.39 is 0 Å². The van der Waals surface area contributed by atoms with Gasteiger partial charge in [0.25, 0.3) is 0 Å². The number of quaternary nitrogens is 1. The van der Waals surface area contributed by atoms with Crippen molar-refractivity contribution < 1.29 is 4.59 Å². The van der Waals surface area contributed by atoms with Crippen LogP contribution in [0.3, 0.4) is 0 Å². The third-order valence-electron chi connectivity index (χ3n) is 2.21. The zero-order valence-electron chi connectivity index (χ0n) is 5.47. The molecule has 1 saturated heterocycles. The van der Waals surface area contributed by atoms with Crippen LogP contribution in [-0.2, 0) is 0 Å². The number of rotatable bonds is 0. The van der Waals surface area contributed by atoms with E-state index in [1.54, 1.807) is 0 Å². The average Bonchev–Trinajstić information content (AvgIpc) is 1.91. The van der Waals surface area contributed by atoms with Crippen LogP contribution in [0, 0.1) is 0 Å². The molecule has 0 bridgehead atoms. The van der Waals surface area contributed by atoms with Gasteiger partial charge in [0.1, 0.15) is 0 Å². The van der Waals surface area contributed by atoms with E-state index in [0.717, 1.165) is 10.8 Å². The topological polar surface area (TPSA) is 3.01 Å². The lowest BCUT2D eigenvalue weighted by atomic mass is 10.6. The lowest BCUT2D eigenvalue weighted by Gasteiger charge is -1.99. The maximum absolute atomic E-state index is 2.29. The van der Waals surface area contributed by atoms with Gasteiger partial charge in [-0.15, -0.1) is 0 Å². The summed E-state index contributed by atoms with van der Waals surface area (Å²) in [6, 6.07) is 0. The van der Waals surface area contributed by atoms with Crippen molar-refractivity contribution >= 4 is 0 Å². The normalized spacial score (nSPS) is 46.3. The monoisotopic (exact) mass is 101 g/mol. The van der Waals surface area contributed by atoms with Crippen molar-refractivity contribution in [3.63, 3.8) is 0 Å². The highest BCUT2D eigenvalue weighted by Gasteiger charge is 2.51. The lowest BCUT2D eigenvalue weighted by Crippen LogP contribution is -2.18. The second-order valence-corrected chi connectivity index (χ2v) is 2.68. The molecule has 0 aromatic heterocycles. The zero-order chi connectivity index (χ0) is 5.65. The molecule has 0 amide bonds. The standard InChI is InChI=1S/C5H13N2/c1-5-6(2)7(5,3)4/h5H,1-4H3/q+1. The average molecular weight is 101 g/mol. The Kier molecular flexibility index (Phi) is 0.730. The minimum Gasteiger partial charge on any atom is -0.225 e. The summed E-state index contributed by atoms with van der Waals surface area (Å²) in [5.41, 5.74) is 0. The van der Waals surface area contributed by atoms with E-state index in [1.165, 1.54) is 0 Å². The summed E-state index contributed by atoms with van der Waals surface area (Å²) in [5.74, 6) is 0. The Hall–Kier alpha value is -0.0800. The molecule has 2 heteroatoms. The van der Waals surface area contributed by atoms with Gasteiger partial charge in [0.15, 0.2) is 0 Å². The van der Waals surface area contributed by atoms with Gasteiger partial charge in [0.05, 0.1) is 14.1 Å². The first kappa shape index (κ1) is 5.06. The molecular weight excluding hydrogens is 88.1 g/mol. The highest BCUT2D eigenvalue weighted by molar-refractivity contribution is 4.52.